The largest absolute Gasteiger partial charge is 0.337 e. The Morgan fingerprint density at radius 3 is 2.65 bits per heavy atom. The van der Waals surface area contributed by atoms with Crippen molar-refractivity contribution in [2.45, 2.75) is 13.5 Å². The molecule has 0 spiro atoms. The average Bonchev–Trinajstić information content (AvgIpc) is 2.76. The van der Waals surface area contributed by atoms with Crippen LogP contribution in [0.25, 0.3) is 0 Å². The normalized spacial score (nSPS) is 10.2. The zero-order valence-electron chi connectivity index (χ0n) is 9.88. The zero-order chi connectivity index (χ0) is 12.3. The molecule has 0 bridgehead atoms. The van der Waals surface area contributed by atoms with Crippen LogP contribution in [0.4, 0.5) is 0 Å². The molecule has 0 radical (unpaired) electrons. The van der Waals surface area contributed by atoms with E-state index in [0.717, 1.165) is 10.6 Å². The Morgan fingerprint density at radius 1 is 1.35 bits per heavy atom. The maximum atomic E-state index is 12.1. The van der Waals surface area contributed by atoms with Crippen LogP contribution in [0.15, 0.2) is 36.5 Å². The van der Waals surface area contributed by atoms with E-state index in [1.807, 2.05) is 44.3 Å². The number of amides is 1. The van der Waals surface area contributed by atoms with Gasteiger partial charge >= 0.3 is 0 Å². The molecule has 0 unspecified atom stereocenters. The molecule has 88 valence electrons. The van der Waals surface area contributed by atoms with E-state index in [2.05, 4.69) is 4.98 Å². The van der Waals surface area contributed by atoms with Crippen LogP contribution in [-0.2, 0) is 6.54 Å². The van der Waals surface area contributed by atoms with Gasteiger partial charge in [-0.1, -0.05) is 30.3 Å². The molecule has 0 N–H and O–H groups in total. The number of carbonyl (C=O) groups excluding carboxylic acids is 1. The van der Waals surface area contributed by atoms with Gasteiger partial charge in [-0.3, -0.25) is 4.79 Å². The summed E-state index contributed by atoms with van der Waals surface area (Å²) >= 11 is 1.43. The van der Waals surface area contributed by atoms with Crippen molar-refractivity contribution in [3.63, 3.8) is 0 Å². The molecule has 2 aromatic rings. The van der Waals surface area contributed by atoms with Crippen molar-refractivity contribution >= 4 is 17.2 Å². The molecule has 0 fully saturated rings. The number of hydrogen-bond acceptors (Lipinski definition) is 3. The van der Waals surface area contributed by atoms with Gasteiger partial charge < -0.3 is 4.90 Å². The van der Waals surface area contributed by atoms with Gasteiger partial charge in [-0.15, -0.1) is 11.3 Å². The molecule has 0 aliphatic heterocycles. The fourth-order valence-corrected chi connectivity index (χ4v) is 2.35. The van der Waals surface area contributed by atoms with Gasteiger partial charge in [-0.05, 0) is 12.5 Å². The van der Waals surface area contributed by atoms with Crippen molar-refractivity contribution in [2.75, 3.05) is 7.05 Å². The molecule has 1 amide bonds. The number of benzene rings is 1. The summed E-state index contributed by atoms with van der Waals surface area (Å²) in [5, 5.41) is 0.918. The van der Waals surface area contributed by atoms with Crippen LogP contribution in [0.5, 0.6) is 0 Å². The third kappa shape index (κ3) is 2.91. The van der Waals surface area contributed by atoms with Gasteiger partial charge in [-0.2, -0.15) is 0 Å². The Bertz CT molecular complexity index is 507. The van der Waals surface area contributed by atoms with Crippen LogP contribution in [0.2, 0.25) is 0 Å². The SMILES string of the molecule is Cc1ncc(C(=O)N(C)Cc2ccccc2)s1. The zero-order valence-corrected chi connectivity index (χ0v) is 10.7. The summed E-state index contributed by atoms with van der Waals surface area (Å²) in [6, 6.07) is 9.95. The monoisotopic (exact) mass is 246 g/mol. The van der Waals surface area contributed by atoms with E-state index < -0.39 is 0 Å². The van der Waals surface area contributed by atoms with Gasteiger partial charge in [-0.25, -0.2) is 4.98 Å². The summed E-state index contributed by atoms with van der Waals surface area (Å²) in [5.74, 6) is 0.0273. The van der Waals surface area contributed by atoms with Gasteiger partial charge in [0.05, 0.1) is 11.2 Å². The van der Waals surface area contributed by atoms with Crippen LogP contribution in [0.1, 0.15) is 20.2 Å². The first-order valence-electron chi connectivity index (χ1n) is 5.38. The molecule has 3 nitrogen and oxygen atoms in total. The fraction of sp³-hybridized carbons (Fsp3) is 0.231. The van der Waals surface area contributed by atoms with Crippen LogP contribution in [0.3, 0.4) is 0 Å². The van der Waals surface area contributed by atoms with Crippen molar-refractivity contribution in [1.29, 1.82) is 0 Å². The van der Waals surface area contributed by atoms with E-state index in [1.54, 1.807) is 11.1 Å². The van der Waals surface area contributed by atoms with Gasteiger partial charge in [0.1, 0.15) is 4.88 Å². The Balaban J connectivity index is 2.06. The van der Waals surface area contributed by atoms with Crippen molar-refractivity contribution in [3.05, 3.63) is 52.0 Å². The van der Waals surface area contributed by atoms with E-state index in [0.29, 0.717) is 11.4 Å². The molecule has 0 atom stereocenters. The van der Waals surface area contributed by atoms with Gasteiger partial charge in [0.25, 0.3) is 5.91 Å². The highest BCUT2D eigenvalue weighted by Gasteiger charge is 2.14. The van der Waals surface area contributed by atoms with Crippen LogP contribution in [-0.4, -0.2) is 22.8 Å². The lowest BCUT2D eigenvalue weighted by Gasteiger charge is -2.15. The van der Waals surface area contributed by atoms with E-state index in [9.17, 15) is 4.79 Å². The molecule has 0 aliphatic carbocycles. The highest BCUT2D eigenvalue weighted by atomic mass is 32.1. The van der Waals surface area contributed by atoms with Gasteiger partial charge in [0.15, 0.2) is 0 Å². The third-order valence-electron chi connectivity index (χ3n) is 2.44. The number of carbonyl (C=O) groups is 1. The summed E-state index contributed by atoms with van der Waals surface area (Å²) < 4.78 is 0. The molecule has 1 aromatic carbocycles. The lowest BCUT2D eigenvalue weighted by Crippen LogP contribution is -2.25. The average molecular weight is 246 g/mol. The number of hydrogen-bond donors (Lipinski definition) is 0. The van der Waals surface area contributed by atoms with Crippen LogP contribution < -0.4 is 0 Å². The first kappa shape index (κ1) is 11.8. The molecule has 1 heterocycles. The standard InChI is InChI=1S/C13H14N2OS/c1-10-14-8-12(17-10)13(16)15(2)9-11-6-4-3-5-7-11/h3-8H,9H2,1-2H3. The molecular formula is C13H14N2OS. The van der Waals surface area contributed by atoms with Crippen molar-refractivity contribution in [3.8, 4) is 0 Å². The molecule has 1 aromatic heterocycles. The van der Waals surface area contributed by atoms with Crippen LogP contribution in [0, 0.1) is 6.92 Å². The fourth-order valence-electron chi connectivity index (χ4n) is 1.58. The number of aryl methyl sites for hydroxylation is 1. The van der Waals surface area contributed by atoms with E-state index >= 15 is 0 Å². The van der Waals surface area contributed by atoms with E-state index in [-0.39, 0.29) is 5.91 Å². The van der Waals surface area contributed by atoms with Gasteiger partial charge in [0.2, 0.25) is 0 Å². The minimum atomic E-state index is 0.0273. The minimum absolute atomic E-state index is 0.0273. The van der Waals surface area contributed by atoms with E-state index in [1.165, 1.54) is 11.3 Å². The maximum absolute atomic E-state index is 12.1. The molecule has 0 saturated heterocycles. The molecule has 0 aliphatic rings. The molecule has 2 rings (SSSR count). The molecule has 0 saturated carbocycles. The van der Waals surface area contributed by atoms with Crippen molar-refractivity contribution in [2.24, 2.45) is 0 Å². The summed E-state index contributed by atoms with van der Waals surface area (Å²) in [6.45, 7) is 2.52. The first-order valence-corrected chi connectivity index (χ1v) is 6.20. The number of rotatable bonds is 3. The lowest BCUT2D eigenvalue weighted by atomic mass is 10.2. The predicted octanol–water partition coefficient (Wildman–Crippen LogP) is 2.72. The number of thiazole rings is 1. The topological polar surface area (TPSA) is 33.2 Å². The quantitative estimate of drug-likeness (QED) is 0.834. The summed E-state index contributed by atoms with van der Waals surface area (Å²) in [4.78, 5) is 18.6. The summed E-state index contributed by atoms with van der Waals surface area (Å²) in [6.07, 6.45) is 1.64. The van der Waals surface area contributed by atoms with Crippen molar-refractivity contribution in [1.82, 2.24) is 9.88 Å². The van der Waals surface area contributed by atoms with Crippen LogP contribution >= 0.6 is 11.3 Å². The second kappa shape index (κ2) is 5.10. The highest BCUT2D eigenvalue weighted by Crippen LogP contribution is 2.14. The maximum Gasteiger partial charge on any atom is 0.265 e. The van der Waals surface area contributed by atoms with Crippen molar-refractivity contribution < 1.29 is 4.79 Å². The molecule has 4 heteroatoms. The molecular weight excluding hydrogens is 232 g/mol. The smallest absolute Gasteiger partial charge is 0.265 e. The minimum Gasteiger partial charge on any atom is -0.337 e. The Morgan fingerprint density at radius 2 is 2.06 bits per heavy atom. The lowest BCUT2D eigenvalue weighted by molar-refractivity contribution is 0.0789. The predicted molar refractivity (Wildman–Crippen MR) is 69.1 cm³/mol. The Hall–Kier alpha value is -1.68. The Kier molecular flexibility index (Phi) is 3.54. The number of aromatic nitrogens is 1. The molecule has 17 heavy (non-hydrogen) atoms. The summed E-state index contributed by atoms with van der Waals surface area (Å²) in [7, 11) is 1.81. The number of nitrogens with zero attached hydrogens (tertiary/aromatic N) is 2. The summed E-state index contributed by atoms with van der Waals surface area (Å²) in [5.41, 5.74) is 1.13. The Labute approximate surface area is 105 Å². The highest BCUT2D eigenvalue weighted by molar-refractivity contribution is 7.13. The van der Waals surface area contributed by atoms with Gasteiger partial charge in [0, 0.05) is 13.6 Å². The first-order chi connectivity index (χ1) is 8.16. The van der Waals surface area contributed by atoms with E-state index in [4.69, 9.17) is 0 Å². The third-order valence-corrected chi connectivity index (χ3v) is 3.34. The second-order valence-electron chi connectivity index (χ2n) is 3.89. The second-order valence-corrected chi connectivity index (χ2v) is 5.13.